The van der Waals surface area contributed by atoms with Crippen molar-refractivity contribution in [3.63, 3.8) is 0 Å². The number of nitrogen functional groups attached to an aromatic ring is 1. The van der Waals surface area contributed by atoms with Gasteiger partial charge in [0.2, 0.25) is 0 Å². The van der Waals surface area contributed by atoms with Gasteiger partial charge in [0.15, 0.2) is 0 Å². The first-order chi connectivity index (χ1) is 13.5. The van der Waals surface area contributed by atoms with E-state index in [0.717, 1.165) is 21.6 Å². The predicted octanol–water partition coefficient (Wildman–Crippen LogP) is 5.85. The van der Waals surface area contributed by atoms with Gasteiger partial charge >= 0.3 is 0 Å². The summed E-state index contributed by atoms with van der Waals surface area (Å²) in [6, 6.07) is 25.4. The summed E-state index contributed by atoms with van der Waals surface area (Å²) in [4.78, 5) is 0.826. The molecule has 0 aliphatic heterocycles. The number of para-hydroxylation sites is 1. The van der Waals surface area contributed by atoms with E-state index in [-0.39, 0.29) is 5.92 Å². The molecule has 3 aromatic carbocycles. The molecular weight excluding hydrogens is 386 g/mol. The van der Waals surface area contributed by atoms with Crippen LogP contribution < -0.4 is 11.5 Å². The summed E-state index contributed by atoms with van der Waals surface area (Å²) in [6.45, 7) is 1.99. The number of benzene rings is 3. The van der Waals surface area contributed by atoms with E-state index in [0.29, 0.717) is 21.3 Å². The maximum Gasteiger partial charge on any atom is 0.0984 e. The molecule has 3 aromatic rings. The van der Waals surface area contributed by atoms with Crippen LogP contribution in [0.15, 0.2) is 88.3 Å². The number of rotatable bonds is 5. The molecule has 0 saturated heterocycles. The zero-order valence-corrected chi connectivity index (χ0v) is 17.0. The Morgan fingerprint density at radius 1 is 1.04 bits per heavy atom. The lowest BCUT2D eigenvalue weighted by molar-refractivity contribution is 0.957. The summed E-state index contributed by atoms with van der Waals surface area (Å²) in [5, 5.41) is 11.1. The third-order valence-corrected chi connectivity index (χ3v) is 5.76. The Balaban J connectivity index is 2.15. The second-order valence-electron chi connectivity index (χ2n) is 6.37. The zero-order chi connectivity index (χ0) is 20.1. The van der Waals surface area contributed by atoms with E-state index in [1.165, 1.54) is 11.8 Å². The molecule has 3 nitrogen and oxygen atoms in total. The van der Waals surface area contributed by atoms with Gasteiger partial charge in [-0.2, -0.15) is 5.26 Å². The van der Waals surface area contributed by atoms with Gasteiger partial charge in [0.1, 0.15) is 0 Å². The van der Waals surface area contributed by atoms with Crippen molar-refractivity contribution in [2.45, 2.75) is 17.7 Å². The third-order valence-electron chi connectivity index (χ3n) is 4.49. The highest BCUT2D eigenvalue weighted by molar-refractivity contribution is 8.03. The molecule has 0 heterocycles. The molecule has 0 aliphatic rings. The highest BCUT2D eigenvalue weighted by atomic mass is 35.5. The molecular formula is C23H20ClN3S. The Bertz CT molecular complexity index is 1050. The molecule has 140 valence electrons. The third kappa shape index (κ3) is 4.33. The number of hydrogen-bond acceptors (Lipinski definition) is 4. The van der Waals surface area contributed by atoms with Gasteiger partial charge in [0.05, 0.1) is 16.7 Å². The minimum Gasteiger partial charge on any atom is -0.398 e. The van der Waals surface area contributed by atoms with Gasteiger partial charge in [-0.3, -0.25) is 0 Å². The van der Waals surface area contributed by atoms with Crippen molar-refractivity contribution < 1.29 is 0 Å². The molecule has 0 saturated carbocycles. The Kier molecular flexibility index (Phi) is 6.30. The van der Waals surface area contributed by atoms with Crippen molar-refractivity contribution >= 4 is 29.1 Å². The molecule has 0 radical (unpaired) electrons. The van der Waals surface area contributed by atoms with Crippen LogP contribution >= 0.6 is 23.4 Å². The first-order valence-electron chi connectivity index (χ1n) is 8.74. The molecule has 0 aromatic heterocycles. The smallest absolute Gasteiger partial charge is 0.0984 e. The van der Waals surface area contributed by atoms with E-state index >= 15 is 0 Å². The van der Waals surface area contributed by atoms with Crippen LogP contribution in [0.2, 0.25) is 5.02 Å². The van der Waals surface area contributed by atoms with Crippen molar-refractivity contribution in [2.75, 3.05) is 5.73 Å². The standard InChI is InChI=1S/C23H20ClN3S/c1-15-13-17(24)11-12-18(15)22(16-7-3-2-4-8-16)19(14-25)23(27)28-21-10-6-5-9-20(21)26/h2-13,22H,26-27H2,1H3/b23-19-. The van der Waals surface area contributed by atoms with Crippen molar-refractivity contribution in [2.24, 2.45) is 5.73 Å². The lowest BCUT2D eigenvalue weighted by atomic mass is 9.83. The van der Waals surface area contributed by atoms with E-state index < -0.39 is 0 Å². The number of thioether (sulfide) groups is 1. The highest BCUT2D eigenvalue weighted by Gasteiger charge is 2.24. The second kappa shape index (κ2) is 8.88. The fraction of sp³-hybridized carbons (Fsp3) is 0.0870. The lowest BCUT2D eigenvalue weighted by Gasteiger charge is -2.21. The summed E-state index contributed by atoms with van der Waals surface area (Å²) in [7, 11) is 0. The predicted molar refractivity (Wildman–Crippen MR) is 118 cm³/mol. The van der Waals surface area contributed by atoms with E-state index in [4.69, 9.17) is 23.1 Å². The first kappa shape index (κ1) is 19.9. The minimum absolute atomic E-state index is 0.291. The molecule has 28 heavy (non-hydrogen) atoms. The van der Waals surface area contributed by atoms with Crippen molar-refractivity contribution in [3.8, 4) is 6.07 Å². The molecule has 5 heteroatoms. The zero-order valence-electron chi connectivity index (χ0n) is 15.4. The Morgan fingerprint density at radius 2 is 1.71 bits per heavy atom. The fourth-order valence-corrected chi connectivity index (χ4v) is 4.19. The quantitative estimate of drug-likeness (QED) is 0.317. The van der Waals surface area contributed by atoms with Gasteiger partial charge in [0.25, 0.3) is 0 Å². The number of halogens is 1. The average Bonchev–Trinajstić information content (AvgIpc) is 2.69. The van der Waals surface area contributed by atoms with Crippen LogP contribution in [0.25, 0.3) is 0 Å². The molecule has 4 N–H and O–H groups in total. The Labute approximate surface area is 174 Å². The van der Waals surface area contributed by atoms with Crippen molar-refractivity contribution in [3.05, 3.63) is 105 Å². The van der Waals surface area contributed by atoms with Crippen LogP contribution in [0, 0.1) is 18.3 Å². The topological polar surface area (TPSA) is 75.8 Å². The van der Waals surface area contributed by atoms with E-state index in [9.17, 15) is 5.26 Å². The van der Waals surface area contributed by atoms with E-state index in [1.54, 1.807) is 0 Å². The summed E-state index contributed by atoms with van der Waals surface area (Å²) in [5.41, 5.74) is 16.6. The van der Waals surface area contributed by atoms with Gasteiger partial charge < -0.3 is 11.5 Å². The molecule has 3 rings (SSSR count). The summed E-state index contributed by atoms with van der Waals surface area (Å²) < 4.78 is 0. The van der Waals surface area contributed by atoms with Crippen LogP contribution in [-0.2, 0) is 0 Å². The highest BCUT2D eigenvalue weighted by Crippen LogP contribution is 2.39. The summed E-state index contributed by atoms with van der Waals surface area (Å²) >= 11 is 7.46. The molecule has 0 amide bonds. The Hall–Kier alpha value is -2.87. The van der Waals surface area contributed by atoms with Crippen LogP contribution in [0.1, 0.15) is 22.6 Å². The molecule has 0 bridgehead atoms. The number of hydrogen-bond donors (Lipinski definition) is 2. The molecule has 0 aliphatic carbocycles. The number of nitriles is 1. The van der Waals surface area contributed by atoms with Gasteiger partial charge in [-0.05, 0) is 47.9 Å². The normalized spacial score (nSPS) is 12.8. The number of anilines is 1. The van der Waals surface area contributed by atoms with E-state index in [2.05, 4.69) is 6.07 Å². The number of nitrogens with zero attached hydrogens (tertiary/aromatic N) is 1. The average molecular weight is 406 g/mol. The minimum atomic E-state index is -0.291. The Morgan fingerprint density at radius 3 is 2.36 bits per heavy atom. The maximum absolute atomic E-state index is 10.0. The number of allylic oxidation sites excluding steroid dienone is 1. The van der Waals surface area contributed by atoms with Gasteiger partial charge in [-0.15, -0.1) is 0 Å². The summed E-state index contributed by atoms with van der Waals surface area (Å²) in [6.07, 6.45) is 0. The van der Waals surface area contributed by atoms with Gasteiger partial charge in [-0.1, -0.05) is 71.9 Å². The van der Waals surface area contributed by atoms with Crippen LogP contribution in [-0.4, -0.2) is 0 Å². The van der Waals surface area contributed by atoms with Crippen LogP contribution in [0.4, 0.5) is 5.69 Å². The van der Waals surface area contributed by atoms with Crippen molar-refractivity contribution in [1.82, 2.24) is 0 Å². The van der Waals surface area contributed by atoms with Crippen molar-refractivity contribution in [1.29, 1.82) is 5.26 Å². The van der Waals surface area contributed by atoms with Gasteiger partial charge in [0, 0.05) is 21.5 Å². The van der Waals surface area contributed by atoms with Gasteiger partial charge in [-0.25, -0.2) is 0 Å². The summed E-state index contributed by atoms with van der Waals surface area (Å²) in [5.74, 6) is -0.291. The largest absolute Gasteiger partial charge is 0.398 e. The fourth-order valence-electron chi connectivity index (χ4n) is 3.12. The number of aryl methyl sites for hydroxylation is 1. The lowest BCUT2D eigenvalue weighted by Crippen LogP contribution is -2.11. The second-order valence-corrected chi connectivity index (χ2v) is 7.89. The van der Waals surface area contributed by atoms with E-state index in [1.807, 2.05) is 79.7 Å². The molecule has 0 fully saturated rings. The first-order valence-corrected chi connectivity index (χ1v) is 9.93. The molecule has 1 atom stereocenters. The molecule has 0 spiro atoms. The SMILES string of the molecule is Cc1cc(Cl)ccc1C(/C(C#N)=C(/N)Sc1ccccc1N)c1ccccc1. The molecule has 1 unspecified atom stereocenters. The monoisotopic (exact) mass is 405 g/mol. The van der Waals surface area contributed by atoms with Crippen LogP contribution in [0.5, 0.6) is 0 Å². The number of nitrogens with two attached hydrogens (primary N) is 2. The van der Waals surface area contributed by atoms with Crippen LogP contribution in [0.3, 0.4) is 0 Å². The maximum atomic E-state index is 10.0.